The van der Waals surface area contributed by atoms with Crippen LogP contribution < -0.4 is 16.0 Å². The van der Waals surface area contributed by atoms with Crippen molar-refractivity contribution in [1.82, 2.24) is 16.0 Å². The van der Waals surface area contributed by atoms with E-state index in [2.05, 4.69) is 20.9 Å². The number of rotatable bonds is 6. The molecular weight excluding hydrogens is 347 g/mol. The van der Waals surface area contributed by atoms with Gasteiger partial charge in [0.2, 0.25) is 5.91 Å². The number of amides is 1. The minimum absolute atomic E-state index is 0.120. The molecule has 2 rings (SSSR count). The maximum absolute atomic E-state index is 11.2. The van der Waals surface area contributed by atoms with Crippen LogP contribution in [0.25, 0.3) is 0 Å². The number of carbonyl (C=O) groups excluding carboxylic acids is 1. The molecule has 1 fully saturated rings. The molecule has 132 valence electrons. The first-order valence-corrected chi connectivity index (χ1v) is 9.09. The van der Waals surface area contributed by atoms with Crippen molar-refractivity contribution >= 4 is 35.1 Å². The Morgan fingerprint density at radius 1 is 1.42 bits per heavy atom. The third-order valence-electron chi connectivity index (χ3n) is 3.84. The van der Waals surface area contributed by atoms with Gasteiger partial charge in [-0.15, -0.1) is 0 Å². The van der Waals surface area contributed by atoms with Gasteiger partial charge in [-0.2, -0.15) is 0 Å². The molecule has 7 heteroatoms. The van der Waals surface area contributed by atoms with Crippen molar-refractivity contribution in [3.63, 3.8) is 0 Å². The lowest BCUT2D eigenvalue weighted by molar-refractivity contribution is -0.122. The summed E-state index contributed by atoms with van der Waals surface area (Å²) < 4.78 is 0. The van der Waals surface area contributed by atoms with Crippen molar-refractivity contribution in [2.45, 2.75) is 38.6 Å². The van der Waals surface area contributed by atoms with Crippen LogP contribution in [0.5, 0.6) is 0 Å². The molecule has 24 heavy (non-hydrogen) atoms. The lowest BCUT2D eigenvalue weighted by atomic mass is 10.1. The fourth-order valence-corrected chi connectivity index (χ4v) is 3.06. The van der Waals surface area contributed by atoms with Gasteiger partial charge in [-0.25, -0.2) is 0 Å². The predicted octanol–water partition coefficient (Wildman–Crippen LogP) is 2.76. The Kier molecular flexibility index (Phi) is 7.66. The highest BCUT2D eigenvalue weighted by Crippen LogP contribution is 2.21. The van der Waals surface area contributed by atoms with Gasteiger partial charge in [0.1, 0.15) is 0 Å². The Balaban J connectivity index is 1.81. The number of nitrogens with one attached hydrogen (secondary N) is 3. The minimum Gasteiger partial charge on any atom is -0.357 e. The van der Waals surface area contributed by atoms with Crippen LogP contribution >= 0.6 is 23.2 Å². The summed E-state index contributed by atoms with van der Waals surface area (Å²) in [7, 11) is 0. The fourth-order valence-electron chi connectivity index (χ4n) is 2.55. The van der Waals surface area contributed by atoms with Gasteiger partial charge in [-0.3, -0.25) is 9.79 Å². The van der Waals surface area contributed by atoms with Crippen LogP contribution in [-0.2, 0) is 11.2 Å². The van der Waals surface area contributed by atoms with Gasteiger partial charge in [0.25, 0.3) is 0 Å². The second kappa shape index (κ2) is 9.74. The third-order valence-corrected chi connectivity index (χ3v) is 4.43. The van der Waals surface area contributed by atoms with Crippen LogP contribution in [0.4, 0.5) is 0 Å². The van der Waals surface area contributed by atoms with Crippen LogP contribution in [0.15, 0.2) is 23.2 Å². The Morgan fingerprint density at radius 3 is 2.92 bits per heavy atom. The van der Waals surface area contributed by atoms with Gasteiger partial charge >= 0.3 is 0 Å². The number of halogens is 2. The normalized spacial score (nSPS) is 18.2. The molecule has 1 amide bonds. The second-order valence-electron chi connectivity index (χ2n) is 5.78. The molecule has 0 bridgehead atoms. The van der Waals surface area contributed by atoms with Gasteiger partial charge in [-0.1, -0.05) is 29.3 Å². The maximum atomic E-state index is 11.2. The number of hydrogen-bond donors (Lipinski definition) is 3. The average molecular weight is 371 g/mol. The monoisotopic (exact) mass is 370 g/mol. The molecule has 5 nitrogen and oxygen atoms in total. The highest BCUT2D eigenvalue weighted by Gasteiger charge is 2.18. The van der Waals surface area contributed by atoms with E-state index in [1.54, 1.807) is 6.07 Å². The zero-order chi connectivity index (χ0) is 17.4. The van der Waals surface area contributed by atoms with E-state index in [-0.39, 0.29) is 11.9 Å². The Hall–Kier alpha value is -1.46. The number of nitrogens with zero attached hydrogens (tertiary/aromatic N) is 1. The summed E-state index contributed by atoms with van der Waals surface area (Å²) >= 11 is 12.1. The number of hydrogen-bond acceptors (Lipinski definition) is 2. The highest BCUT2D eigenvalue weighted by molar-refractivity contribution is 6.35. The van der Waals surface area contributed by atoms with E-state index < -0.39 is 0 Å². The maximum Gasteiger partial charge on any atom is 0.220 e. The lowest BCUT2D eigenvalue weighted by Gasteiger charge is -2.25. The predicted molar refractivity (Wildman–Crippen MR) is 99.9 cm³/mol. The van der Waals surface area contributed by atoms with E-state index in [4.69, 9.17) is 23.2 Å². The number of aryl methyl sites for hydroxylation is 1. The van der Waals surface area contributed by atoms with Crippen LogP contribution in [0.1, 0.15) is 31.7 Å². The van der Waals surface area contributed by atoms with Crippen molar-refractivity contribution in [2.75, 3.05) is 19.6 Å². The van der Waals surface area contributed by atoms with Gasteiger partial charge in [0.15, 0.2) is 5.96 Å². The second-order valence-corrected chi connectivity index (χ2v) is 6.63. The van der Waals surface area contributed by atoms with Gasteiger partial charge < -0.3 is 16.0 Å². The first-order valence-electron chi connectivity index (χ1n) is 8.34. The third kappa shape index (κ3) is 6.21. The molecule has 1 aliphatic rings. The zero-order valence-electron chi connectivity index (χ0n) is 13.9. The first-order chi connectivity index (χ1) is 11.6. The van der Waals surface area contributed by atoms with Crippen molar-refractivity contribution in [2.24, 2.45) is 4.99 Å². The summed E-state index contributed by atoms with van der Waals surface area (Å²) in [5.74, 6) is 0.913. The van der Waals surface area contributed by atoms with Gasteiger partial charge in [-0.05, 0) is 43.9 Å². The fraction of sp³-hybridized carbons (Fsp3) is 0.529. The van der Waals surface area contributed by atoms with Crippen LogP contribution in [0, 0.1) is 0 Å². The quantitative estimate of drug-likeness (QED) is 0.409. The van der Waals surface area contributed by atoms with Gasteiger partial charge in [0, 0.05) is 42.1 Å². The SMILES string of the molecule is CCNC(=NCCCc1ccc(Cl)cc1Cl)NC1CCC(=O)NC1. The number of carbonyl (C=O) groups is 1. The van der Waals surface area contributed by atoms with E-state index in [1.807, 2.05) is 19.1 Å². The van der Waals surface area contributed by atoms with E-state index in [0.717, 1.165) is 37.3 Å². The molecule has 0 saturated carbocycles. The highest BCUT2D eigenvalue weighted by atomic mass is 35.5. The molecule has 1 heterocycles. The van der Waals surface area contributed by atoms with Crippen molar-refractivity contribution in [3.05, 3.63) is 33.8 Å². The smallest absolute Gasteiger partial charge is 0.220 e. The number of aliphatic imine (C=N–C) groups is 1. The van der Waals surface area contributed by atoms with Crippen LogP contribution in [0.3, 0.4) is 0 Å². The summed E-state index contributed by atoms with van der Waals surface area (Å²) in [6.07, 6.45) is 3.15. The van der Waals surface area contributed by atoms with Crippen molar-refractivity contribution < 1.29 is 4.79 Å². The lowest BCUT2D eigenvalue weighted by Crippen LogP contribution is -2.51. The largest absolute Gasteiger partial charge is 0.357 e. The molecule has 0 radical (unpaired) electrons. The van der Waals surface area contributed by atoms with E-state index in [1.165, 1.54) is 0 Å². The molecule has 0 aliphatic carbocycles. The number of guanidine groups is 1. The number of benzene rings is 1. The summed E-state index contributed by atoms with van der Waals surface area (Å²) in [5, 5.41) is 10.8. The molecule has 1 aliphatic heterocycles. The van der Waals surface area contributed by atoms with Crippen LogP contribution in [0.2, 0.25) is 10.0 Å². The molecule has 1 saturated heterocycles. The average Bonchev–Trinajstić information content (AvgIpc) is 2.55. The van der Waals surface area contributed by atoms with Crippen LogP contribution in [-0.4, -0.2) is 37.5 Å². The Labute approximate surface area is 153 Å². The molecule has 0 spiro atoms. The summed E-state index contributed by atoms with van der Waals surface area (Å²) in [5.41, 5.74) is 1.09. The number of piperidine rings is 1. The topological polar surface area (TPSA) is 65.5 Å². The zero-order valence-corrected chi connectivity index (χ0v) is 15.4. The Bertz CT molecular complexity index is 582. The van der Waals surface area contributed by atoms with Gasteiger partial charge in [0.05, 0.1) is 0 Å². The molecule has 3 N–H and O–H groups in total. The molecule has 1 aromatic rings. The molecule has 1 unspecified atom stereocenters. The van der Waals surface area contributed by atoms with Crippen molar-refractivity contribution in [3.8, 4) is 0 Å². The molecule has 1 atom stereocenters. The van der Waals surface area contributed by atoms with E-state index >= 15 is 0 Å². The van der Waals surface area contributed by atoms with Crippen molar-refractivity contribution in [1.29, 1.82) is 0 Å². The summed E-state index contributed by atoms with van der Waals surface area (Å²) in [6.45, 7) is 4.18. The summed E-state index contributed by atoms with van der Waals surface area (Å²) in [6, 6.07) is 5.81. The van der Waals surface area contributed by atoms with E-state index in [9.17, 15) is 4.79 Å². The first kappa shape index (κ1) is 18.9. The minimum atomic E-state index is 0.120. The standard InChI is InChI=1S/C17H24Cl2N4O/c1-2-20-17(23-14-7-8-16(24)22-11-14)21-9-3-4-12-5-6-13(18)10-15(12)19/h5-6,10,14H,2-4,7-9,11H2,1H3,(H,22,24)(H2,20,21,23). The summed E-state index contributed by atoms with van der Waals surface area (Å²) in [4.78, 5) is 15.8. The Morgan fingerprint density at radius 2 is 2.25 bits per heavy atom. The molecule has 0 aromatic heterocycles. The molecular formula is C17H24Cl2N4O. The molecule has 1 aromatic carbocycles. The van der Waals surface area contributed by atoms with E-state index in [0.29, 0.717) is 29.6 Å².